The predicted octanol–water partition coefficient (Wildman–Crippen LogP) is 2.92. The number of nitrogens with zero attached hydrogens (tertiary/aromatic N) is 1. The van der Waals surface area contributed by atoms with Crippen LogP contribution in [0.4, 0.5) is 0 Å². The summed E-state index contributed by atoms with van der Waals surface area (Å²) >= 11 is 0. The van der Waals surface area contributed by atoms with Crippen molar-refractivity contribution in [3.8, 4) is 0 Å². The lowest BCUT2D eigenvalue weighted by Gasteiger charge is -2.47. The molecular weight excluding hydrogens is 238 g/mol. The topological polar surface area (TPSA) is 32.7 Å². The Morgan fingerprint density at radius 3 is 2.58 bits per heavy atom. The van der Waals surface area contributed by atoms with Gasteiger partial charge in [-0.3, -0.25) is 0 Å². The third-order valence-electron chi connectivity index (χ3n) is 5.13. The summed E-state index contributed by atoms with van der Waals surface area (Å²) in [6.07, 6.45) is 5.21. The maximum Gasteiger partial charge on any atom is 0.0555 e. The average Bonchev–Trinajstić information content (AvgIpc) is 2.38. The first-order valence-corrected chi connectivity index (χ1v) is 7.79. The molecule has 1 aliphatic carbocycles. The Hall–Kier alpha value is -0.120. The Labute approximate surface area is 119 Å². The molecule has 0 bridgehead atoms. The second-order valence-electron chi connectivity index (χ2n) is 6.81. The first-order valence-electron chi connectivity index (χ1n) is 7.79. The third kappa shape index (κ3) is 4.73. The minimum atomic E-state index is -0.112. The van der Waals surface area contributed by atoms with E-state index in [9.17, 15) is 5.11 Å². The molecule has 1 aliphatic rings. The number of hydrogen-bond donors (Lipinski definition) is 1. The summed E-state index contributed by atoms with van der Waals surface area (Å²) in [7, 11) is 3.96. The largest absolute Gasteiger partial charge is 0.393 e. The van der Waals surface area contributed by atoms with Gasteiger partial charge in [-0.25, -0.2) is 0 Å². The zero-order valence-corrected chi connectivity index (χ0v) is 13.5. The van der Waals surface area contributed by atoms with Crippen molar-refractivity contribution in [1.82, 2.24) is 4.90 Å². The zero-order valence-electron chi connectivity index (χ0n) is 13.5. The SMILES string of the molecule is CCC(C)(C)C1CCC(O)CC1N(C)CCCOC. The molecule has 0 radical (unpaired) electrons. The minimum absolute atomic E-state index is 0.112. The molecule has 3 atom stereocenters. The van der Waals surface area contributed by atoms with Gasteiger partial charge in [0.05, 0.1) is 6.10 Å². The van der Waals surface area contributed by atoms with Crippen molar-refractivity contribution in [2.24, 2.45) is 11.3 Å². The lowest BCUT2D eigenvalue weighted by molar-refractivity contribution is -0.0110. The molecule has 3 heteroatoms. The molecule has 1 N–H and O–H groups in total. The molecule has 114 valence electrons. The van der Waals surface area contributed by atoms with Gasteiger partial charge in [-0.05, 0) is 44.1 Å². The van der Waals surface area contributed by atoms with Crippen LogP contribution in [0.2, 0.25) is 0 Å². The molecule has 0 aromatic carbocycles. The summed E-state index contributed by atoms with van der Waals surface area (Å²) in [6, 6.07) is 0.510. The molecule has 19 heavy (non-hydrogen) atoms. The number of ether oxygens (including phenoxy) is 1. The maximum atomic E-state index is 10.0. The van der Waals surface area contributed by atoms with E-state index in [1.54, 1.807) is 7.11 Å². The van der Waals surface area contributed by atoms with Crippen LogP contribution in [0.1, 0.15) is 52.9 Å². The molecule has 0 aliphatic heterocycles. The highest BCUT2D eigenvalue weighted by atomic mass is 16.5. The van der Waals surface area contributed by atoms with E-state index in [1.807, 2.05) is 0 Å². The molecular formula is C16H33NO2. The van der Waals surface area contributed by atoms with Gasteiger partial charge in [0.1, 0.15) is 0 Å². The van der Waals surface area contributed by atoms with Crippen LogP contribution in [0.15, 0.2) is 0 Å². The van der Waals surface area contributed by atoms with Gasteiger partial charge in [0.25, 0.3) is 0 Å². The standard InChI is InChI=1S/C16H33NO2/c1-6-16(2,3)14-9-8-13(18)12-15(14)17(4)10-7-11-19-5/h13-15,18H,6-12H2,1-5H3. The minimum Gasteiger partial charge on any atom is -0.393 e. The number of methoxy groups -OCH3 is 1. The molecule has 1 rings (SSSR count). The summed E-state index contributed by atoms with van der Waals surface area (Å²) in [4.78, 5) is 2.45. The van der Waals surface area contributed by atoms with Gasteiger partial charge in [-0.2, -0.15) is 0 Å². The molecule has 1 saturated carbocycles. The molecule has 3 nitrogen and oxygen atoms in total. The van der Waals surface area contributed by atoms with Crippen LogP contribution in [0.25, 0.3) is 0 Å². The van der Waals surface area contributed by atoms with Crippen molar-refractivity contribution in [3.63, 3.8) is 0 Å². The van der Waals surface area contributed by atoms with E-state index in [0.717, 1.165) is 38.8 Å². The fourth-order valence-corrected chi connectivity index (χ4v) is 3.41. The highest BCUT2D eigenvalue weighted by molar-refractivity contribution is 4.92. The summed E-state index contributed by atoms with van der Waals surface area (Å²) < 4.78 is 5.14. The lowest BCUT2D eigenvalue weighted by atomic mass is 9.66. The first kappa shape index (κ1) is 16.9. The quantitative estimate of drug-likeness (QED) is 0.723. The van der Waals surface area contributed by atoms with E-state index in [-0.39, 0.29) is 6.10 Å². The van der Waals surface area contributed by atoms with Crippen LogP contribution in [0.3, 0.4) is 0 Å². The number of hydrogen-bond acceptors (Lipinski definition) is 3. The number of aliphatic hydroxyl groups excluding tert-OH is 1. The monoisotopic (exact) mass is 271 g/mol. The zero-order chi connectivity index (χ0) is 14.5. The lowest BCUT2D eigenvalue weighted by Crippen LogP contribution is -2.49. The third-order valence-corrected chi connectivity index (χ3v) is 5.13. The fourth-order valence-electron chi connectivity index (χ4n) is 3.41. The Morgan fingerprint density at radius 2 is 2.00 bits per heavy atom. The highest BCUT2D eigenvalue weighted by Crippen LogP contribution is 2.42. The number of rotatable bonds is 7. The summed E-state index contributed by atoms with van der Waals surface area (Å²) in [5.74, 6) is 0.688. The van der Waals surface area contributed by atoms with Crippen LogP contribution in [0, 0.1) is 11.3 Å². The van der Waals surface area contributed by atoms with E-state index in [2.05, 4.69) is 32.7 Å². The molecule has 3 unspecified atom stereocenters. The molecule has 0 heterocycles. The Morgan fingerprint density at radius 1 is 1.32 bits per heavy atom. The molecule has 0 saturated heterocycles. The van der Waals surface area contributed by atoms with Gasteiger partial charge >= 0.3 is 0 Å². The smallest absolute Gasteiger partial charge is 0.0555 e. The van der Waals surface area contributed by atoms with E-state index in [4.69, 9.17) is 4.74 Å². The van der Waals surface area contributed by atoms with E-state index < -0.39 is 0 Å². The first-order chi connectivity index (χ1) is 8.92. The second kappa shape index (κ2) is 7.61. The van der Waals surface area contributed by atoms with Crippen LogP contribution >= 0.6 is 0 Å². The molecule has 0 spiro atoms. The van der Waals surface area contributed by atoms with Crippen LogP contribution in [-0.4, -0.2) is 49.5 Å². The van der Waals surface area contributed by atoms with E-state index >= 15 is 0 Å². The van der Waals surface area contributed by atoms with Gasteiger partial charge in [0, 0.05) is 26.3 Å². The number of aliphatic hydroxyl groups is 1. The van der Waals surface area contributed by atoms with Crippen molar-refractivity contribution >= 4 is 0 Å². The van der Waals surface area contributed by atoms with Gasteiger partial charge < -0.3 is 14.7 Å². The maximum absolute atomic E-state index is 10.0. The van der Waals surface area contributed by atoms with Gasteiger partial charge in [-0.1, -0.05) is 27.2 Å². The normalized spacial score (nSPS) is 28.9. The Balaban J connectivity index is 2.67. The van der Waals surface area contributed by atoms with Crippen molar-refractivity contribution in [2.45, 2.75) is 65.0 Å². The highest BCUT2D eigenvalue weighted by Gasteiger charge is 2.40. The summed E-state index contributed by atoms with van der Waals surface area (Å²) in [6.45, 7) is 8.92. The summed E-state index contributed by atoms with van der Waals surface area (Å²) in [5.41, 5.74) is 0.361. The van der Waals surface area contributed by atoms with Gasteiger partial charge in [0.2, 0.25) is 0 Å². The average molecular weight is 271 g/mol. The van der Waals surface area contributed by atoms with E-state index in [0.29, 0.717) is 17.4 Å². The summed E-state index contributed by atoms with van der Waals surface area (Å²) in [5, 5.41) is 10.0. The van der Waals surface area contributed by atoms with Gasteiger partial charge in [-0.15, -0.1) is 0 Å². The predicted molar refractivity (Wildman–Crippen MR) is 80.3 cm³/mol. The van der Waals surface area contributed by atoms with E-state index in [1.165, 1.54) is 6.42 Å². The van der Waals surface area contributed by atoms with Crippen molar-refractivity contribution in [1.29, 1.82) is 0 Å². The fraction of sp³-hybridized carbons (Fsp3) is 1.00. The van der Waals surface area contributed by atoms with Crippen LogP contribution in [-0.2, 0) is 4.74 Å². The molecule has 0 amide bonds. The van der Waals surface area contributed by atoms with Gasteiger partial charge in [0.15, 0.2) is 0 Å². The Kier molecular flexibility index (Phi) is 6.78. The van der Waals surface area contributed by atoms with Crippen molar-refractivity contribution in [3.05, 3.63) is 0 Å². The van der Waals surface area contributed by atoms with Crippen LogP contribution in [0.5, 0.6) is 0 Å². The van der Waals surface area contributed by atoms with Crippen molar-refractivity contribution < 1.29 is 9.84 Å². The van der Waals surface area contributed by atoms with Crippen LogP contribution < -0.4 is 0 Å². The second-order valence-corrected chi connectivity index (χ2v) is 6.81. The molecule has 0 aromatic heterocycles. The Bertz CT molecular complexity index is 255. The van der Waals surface area contributed by atoms with Crippen molar-refractivity contribution in [2.75, 3.05) is 27.3 Å². The molecule has 0 aromatic rings. The molecule has 1 fully saturated rings.